The minimum atomic E-state index is 0.705. The van der Waals surface area contributed by atoms with Gasteiger partial charge in [-0.25, -0.2) is 0 Å². The van der Waals surface area contributed by atoms with Gasteiger partial charge in [-0.05, 0) is 23.3 Å². The lowest BCUT2D eigenvalue weighted by atomic mass is 10.2. The Morgan fingerprint density at radius 1 is 0.917 bits per heavy atom. The lowest BCUT2D eigenvalue weighted by Gasteiger charge is -1.87. The van der Waals surface area contributed by atoms with E-state index in [4.69, 9.17) is 5.26 Å². The molecule has 0 bridgehead atoms. The van der Waals surface area contributed by atoms with Crippen molar-refractivity contribution >= 4 is 0 Å². The molecular formula is C11H7N. The van der Waals surface area contributed by atoms with Gasteiger partial charge in [0.25, 0.3) is 0 Å². The lowest BCUT2D eigenvalue weighted by molar-refractivity contribution is 1.50. The molecule has 0 saturated carbocycles. The van der Waals surface area contributed by atoms with Crippen LogP contribution in [-0.2, 0) is 0 Å². The highest BCUT2D eigenvalue weighted by atomic mass is 14.2. The minimum absolute atomic E-state index is 0.705. The molecule has 56 valence electrons. The molecule has 2 rings (SSSR count). The van der Waals surface area contributed by atoms with Crippen LogP contribution in [-0.4, -0.2) is 0 Å². The van der Waals surface area contributed by atoms with Gasteiger partial charge in [-0.15, -0.1) is 0 Å². The molecule has 0 spiro atoms. The molecule has 0 radical (unpaired) electrons. The molecule has 0 saturated heterocycles. The zero-order chi connectivity index (χ0) is 8.39. The highest BCUT2D eigenvalue weighted by Crippen LogP contribution is 2.21. The third-order valence-corrected chi connectivity index (χ3v) is 1.88. The monoisotopic (exact) mass is 153 g/mol. The summed E-state index contributed by atoms with van der Waals surface area (Å²) in [5, 5.41) is 8.70. The molecule has 0 unspecified atom stereocenters. The van der Waals surface area contributed by atoms with Crippen LogP contribution < -0.4 is 0 Å². The largest absolute Gasteiger partial charge is 0.192 e. The van der Waals surface area contributed by atoms with E-state index < -0.39 is 0 Å². The standard InChI is InChI=1S/C11H7N/c12-8-9-3-1-4-10-5-2-6-11(10)7-9/h1-7H. The van der Waals surface area contributed by atoms with E-state index in [1.807, 2.05) is 42.5 Å². The summed E-state index contributed by atoms with van der Waals surface area (Å²) in [5.74, 6) is 0. The molecule has 0 aromatic heterocycles. The molecule has 0 atom stereocenters. The van der Waals surface area contributed by atoms with E-state index >= 15 is 0 Å². The fraction of sp³-hybridized carbons (Fsp3) is 0. The average Bonchev–Trinajstić information content (AvgIpc) is 2.43. The molecule has 2 aliphatic carbocycles. The van der Waals surface area contributed by atoms with Crippen molar-refractivity contribution in [2.45, 2.75) is 0 Å². The second kappa shape index (κ2) is 2.67. The summed E-state index contributed by atoms with van der Waals surface area (Å²) in [7, 11) is 0. The number of nitrogens with zero attached hydrogens (tertiary/aromatic N) is 1. The quantitative estimate of drug-likeness (QED) is 0.570. The molecule has 0 heterocycles. The highest BCUT2D eigenvalue weighted by Gasteiger charge is 1.98. The first-order chi connectivity index (χ1) is 5.90. The van der Waals surface area contributed by atoms with Gasteiger partial charge in [-0.3, -0.25) is 0 Å². The Morgan fingerprint density at radius 3 is 2.33 bits per heavy atom. The van der Waals surface area contributed by atoms with Gasteiger partial charge >= 0.3 is 0 Å². The van der Waals surface area contributed by atoms with Crippen LogP contribution in [0.1, 0.15) is 5.56 Å². The van der Waals surface area contributed by atoms with Crippen LogP contribution in [0.25, 0.3) is 11.1 Å². The molecule has 12 heavy (non-hydrogen) atoms. The van der Waals surface area contributed by atoms with Crippen molar-refractivity contribution in [1.82, 2.24) is 0 Å². The number of nitriles is 1. The number of rotatable bonds is 0. The Bertz CT molecular complexity index is 412. The topological polar surface area (TPSA) is 23.8 Å². The average molecular weight is 153 g/mol. The zero-order valence-corrected chi connectivity index (χ0v) is 6.49. The fourth-order valence-electron chi connectivity index (χ4n) is 1.27. The van der Waals surface area contributed by atoms with Crippen molar-refractivity contribution in [3.8, 4) is 17.2 Å². The maximum absolute atomic E-state index is 8.70. The molecular weight excluding hydrogens is 146 g/mol. The lowest BCUT2D eigenvalue weighted by Crippen LogP contribution is -1.66. The molecule has 1 heteroatoms. The summed E-state index contributed by atoms with van der Waals surface area (Å²) < 4.78 is 0. The fourth-order valence-corrected chi connectivity index (χ4v) is 1.27. The molecule has 2 aliphatic rings. The van der Waals surface area contributed by atoms with Gasteiger partial charge in [0.2, 0.25) is 0 Å². The predicted octanol–water partition coefficient (Wildman–Crippen LogP) is 2.66. The Labute approximate surface area is 71.2 Å². The van der Waals surface area contributed by atoms with Crippen molar-refractivity contribution in [3.63, 3.8) is 0 Å². The van der Waals surface area contributed by atoms with Crippen LogP contribution in [0.2, 0.25) is 0 Å². The third kappa shape index (κ3) is 1.04. The van der Waals surface area contributed by atoms with Gasteiger partial charge in [0.05, 0.1) is 11.6 Å². The zero-order valence-electron chi connectivity index (χ0n) is 6.49. The van der Waals surface area contributed by atoms with E-state index in [-0.39, 0.29) is 0 Å². The normalized spacial score (nSPS) is 9.58. The van der Waals surface area contributed by atoms with Crippen LogP contribution in [0.3, 0.4) is 0 Å². The van der Waals surface area contributed by atoms with Crippen molar-refractivity contribution in [1.29, 1.82) is 5.26 Å². The summed E-state index contributed by atoms with van der Waals surface area (Å²) in [5.41, 5.74) is 3.00. The Kier molecular flexibility index (Phi) is 1.53. The number of fused-ring (bicyclic) bond motifs is 1. The summed E-state index contributed by atoms with van der Waals surface area (Å²) in [4.78, 5) is 0. The van der Waals surface area contributed by atoms with Gasteiger partial charge in [0.15, 0.2) is 0 Å². The second-order valence-corrected chi connectivity index (χ2v) is 2.67. The van der Waals surface area contributed by atoms with E-state index in [0.29, 0.717) is 5.56 Å². The van der Waals surface area contributed by atoms with Gasteiger partial charge in [-0.2, -0.15) is 5.26 Å². The smallest absolute Gasteiger partial charge is 0.0991 e. The number of hydrogen-bond acceptors (Lipinski definition) is 1. The summed E-state index contributed by atoms with van der Waals surface area (Å²) in [6, 6.07) is 15.8. The number of hydrogen-bond donors (Lipinski definition) is 0. The highest BCUT2D eigenvalue weighted by molar-refractivity contribution is 5.67. The van der Waals surface area contributed by atoms with Gasteiger partial charge in [-0.1, -0.05) is 30.3 Å². The van der Waals surface area contributed by atoms with E-state index in [0.717, 1.165) is 5.56 Å². The maximum Gasteiger partial charge on any atom is 0.0991 e. The van der Waals surface area contributed by atoms with E-state index in [9.17, 15) is 0 Å². The molecule has 1 nitrogen and oxygen atoms in total. The van der Waals surface area contributed by atoms with Gasteiger partial charge < -0.3 is 0 Å². The summed E-state index contributed by atoms with van der Waals surface area (Å²) in [6.07, 6.45) is 0. The molecule has 0 N–H and O–H groups in total. The third-order valence-electron chi connectivity index (χ3n) is 1.88. The van der Waals surface area contributed by atoms with Crippen LogP contribution in [0.4, 0.5) is 0 Å². The SMILES string of the molecule is N#Cc1cccc2cccc-2c1. The van der Waals surface area contributed by atoms with Crippen molar-refractivity contribution in [3.05, 3.63) is 48.0 Å². The molecule has 0 fully saturated rings. The van der Waals surface area contributed by atoms with Crippen molar-refractivity contribution in [2.75, 3.05) is 0 Å². The van der Waals surface area contributed by atoms with Crippen LogP contribution >= 0.6 is 0 Å². The Morgan fingerprint density at radius 2 is 1.58 bits per heavy atom. The molecule has 0 aliphatic heterocycles. The van der Waals surface area contributed by atoms with Crippen LogP contribution in [0.5, 0.6) is 0 Å². The molecule has 0 aromatic rings. The van der Waals surface area contributed by atoms with Gasteiger partial charge in [0.1, 0.15) is 0 Å². The predicted molar refractivity (Wildman–Crippen MR) is 47.8 cm³/mol. The molecule has 0 aromatic carbocycles. The van der Waals surface area contributed by atoms with E-state index in [1.54, 1.807) is 0 Å². The van der Waals surface area contributed by atoms with Crippen LogP contribution in [0.15, 0.2) is 42.5 Å². The van der Waals surface area contributed by atoms with Gasteiger partial charge in [0, 0.05) is 0 Å². The van der Waals surface area contributed by atoms with Crippen LogP contribution in [0, 0.1) is 11.3 Å². The first kappa shape index (κ1) is 6.87. The molecule has 0 amide bonds. The van der Waals surface area contributed by atoms with E-state index in [1.165, 1.54) is 5.56 Å². The van der Waals surface area contributed by atoms with E-state index in [2.05, 4.69) is 6.07 Å². The minimum Gasteiger partial charge on any atom is -0.192 e. The van der Waals surface area contributed by atoms with Crippen molar-refractivity contribution in [2.24, 2.45) is 0 Å². The Balaban J connectivity index is 2.71. The first-order valence-corrected chi connectivity index (χ1v) is 3.79. The first-order valence-electron chi connectivity index (χ1n) is 3.79. The van der Waals surface area contributed by atoms with Crippen molar-refractivity contribution < 1.29 is 0 Å². The maximum atomic E-state index is 8.70. The second-order valence-electron chi connectivity index (χ2n) is 2.67. The summed E-state index contributed by atoms with van der Waals surface area (Å²) in [6.45, 7) is 0. The summed E-state index contributed by atoms with van der Waals surface area (Å²) >= 11 is 0. The Hall–Kier alpha value is -1.81.